The Balaban J connectivity index is 2.97. The van der Waals surface area contributed by atoms with Gasteiger partial charge in [-0.05, 0) is 37.1 Å². The van der Waals surface area contributed by atoms with Gasteiger partial charge in [-0.2, -0.15) is 0 Å². The van der Waals surface area contributed by atoms with Crippen molar-refractivity contribution >= 4 is 17.7 Å². The second-order valence-electron chi connectivity index (χ2n) is 5.21. The highest BCUT2D eigenvalue weighted by molar-refractivity contribution is 6.02. The second-order valence-corrected chi connectivity index (χ2v) is 5.21. The summed E-state index contributed by atoms with van der Waals surface area (Å²) in [7, 11) is 3.91. The van der Waals surface area contributed by atoms with Crippen molar-refractivity contribution in [3.63, 3.8) is 0 Å². The fourth-order valence-electron chi connectivity index (χ4n) is 2.44. The van der Waals surface area contributed by atoms with E-state index < -0.39 is 17.4 Å². The van der Waals surface area contributed by atoms with Gasteiger partial charge in [-0.1, -0.05) is 6.08 Å². The first kappa shape index (κ1) is 19.4. The van der Waals surface area contributed by atoms with Crippen LogP contribution in [0.15, 0.2) is 36.9 Å². The van der Waals surface area contributed by atoms with Crippen molar-refractivity contribution in [3.05, 3.63) is 42.5 Å². The molecule has 0 saturated heterocycles. The van der Waals surface area contributed by atoms with Crippen molar-refractivity contribution in [2.75, 3.05) is 21.3 Å². The van der Waals surface area contributed by atoms with Crippen molar-refractivity contribution in [2.24, 2.45) is 5.41 Å². The van der Waals surface area contributed by atoms with Gasteiger partial charge in [0, 0.05) is 12.0 Å². The molecule has 0 saturated carbocycles. The zero-order valence-corrected chi connectivity index (χ0v) is 14.2. The maximum absolute atomic E-state index is 12.3. The number of ether oxygens (including phenoxy) is 3. The SMILES string of the molecule is C=CCC(CCC(=O)c1ccc(OC)cc1)(C(=O)OC)C(=O)OC. The zero-order valence-electron chi connectivity index (χ0n) is 14.2. The molecule has 6 nitrogen and oxygen atoms in total. The van der Waals surface area contributed by atoms with Crippen molar-refractivity contribution < 1.29 is 28.6 Å². The van der Waals surface area contributed by atoms with Gasteiger partial charge >= 0.3 is 11.9 Å². The Bertz CT molecular complexity index is 586. The summed E-state index contributed by atoms with van der Waals surface area (Å²) in [5, 5.41) is 0. The molecule has 0 heterocycles. The minimum atomic E-state index is -1.56. The number of allylic oxidation sites excluding steroid dienone is 1. The van der Waals surface area contributed by atoms with Crippen LogP contribution in [0, 0.1) is 5.41 Å². The van der Waals surface area contributed by atoms with E-state index >= 15 is 0 Å². The van der Waals surface area contributed by atoms with Gasteiger partial charge in [0.1, 0.15) is 5.75 Å². The Morgan fingerprint density at radius 2 is 1.58 bits per heavy atom. The molecule has 6 heteroatoms. The Morgan fingerprint density at radius 3 is 2.00 bits per heavy atom. The van der Waals surface area contributed by atoms with Crippen LogP contribution in [0.25, 0.3) is 0 Å². The number of hydrogen-bond acceptors (Lipinski definition) is 6. The topological polar surface area (TPSA) is 78.9 Å². The molecule has 0 atom stereocenters. The summed E-state index contributed by atoms with van der Waals surface area (Å²) >= 11 is 0. The van der Waals surface area contributed by atoms with E-state index in [9.17, 15) is 14.4 Å². The van der Waals surface area contributed by atoms with Gasteiger partial charge < -0.3 is 14.2 Å². The van der Waals surface area contributed by atoms with Crippen molar-refractivity contribution in [1.29, 1.82) is 0 Å². The van der Waals surface area contributed by atoms with Gasteiger partial charge in [0.2, 0.25) is 0 Å². The van der Waals surface area contributed by atoms with E-state index in [1.165, 1.54) is 27.4 Å². The summed E-state index contributed by atoms with van der Waals surface area (Å²) < 4.78 is 14.5. The van der Waals surface area contributed by atoms with Crippen molar-refractivity contribution in [3.8, 4) is 5.75 Å². The molecule has 1 aromatic rings. The van der Waals surface area contributed by atoms with E-state index in [4.69, 9.17) is 14.2 Å². The number of ketones is 1. The van der Waals surface area contributed by atoms with Crippen LogP contribution in [0.3, 0.4) is 0 Å². The zero-order chi connectivity index (χ0) is 18.2. The predicted molar refractivity (Wildman–Crippen MR) is 87.8 cm³/mol. The number of rotatable bonds is 9. The molecule has 0 amide bonds. The van der Waals surface area contributed by atoms with Crippen LogP contribution in [-0.2, 0) is 19.1 Å². The van der Waals surface area contributed by atoms with Crippen LogP contribution in [0.5, 0.6) is 5.75 Å². The Morgan fingerprint density at radius 1 is 1.04 bits per heavy atom. The largest absolute Gasteiger partial charge is 0.497 e. The number of carbonyl (C=O) groups excluding carboxylic acids is 3. The third-order valence-corrected chi connectivity index (χ3v) is 3.84. The lowest BCUT2D eigenvalue weighted by molar-refractivity contribution is -0.169. The van der Waals surface area contributed by atoms with E-state index in [0.717, 1.165) is 0 Å². The highest BCUT2D eigenvalue weighted by Gasteiger charge is 2.47. The lowest BCUT2D eigenvalue weighted by Gasteiger charge is -2.26. The molecule has 0 aliphatic heterocycles. The van der Waals surface area contributed by atoms with Gasteiger partial charge in [-0.15, -0.1) is 6.58 Å². The summed E-state index contributed by atoms with van der Waals surface area (Å²) in [6.45, 7) is 3.57. The van der Waals surface area contributed by atoms with Crippen LogP contribution < -0.4 is 4.74 Å². The van der Waals surface area contributed by atoms with Gasteiger partial charge in [0.25, 0.3) is 0 Å². The standard InChI is InChI=1S/C18H22O6/c1-5-11-18(16(20)23-3,17(21)24-4)12-10-15(19)13-6-8-14(22-2)9-7-13/h5-9H,1,10-12H2,2-4H3. The van der Waals surface area contributed by atoms with Crippen molar-refractivity contribution in [1.82, 2.24) is 0 Å². The van der Waals surface area contributed by atoms with Crippen LogP contribution >= 0.6 is 0 Å². The molecule has 1 aromatic carbocycles. The third kappa shape index (κ3) is 4.22. The van der Waals surface area contributed by atoms with Gasteiger partial charge in [-0.25, -0.2) is 0 Å². The van der Waals surface area contributed by atoms with Gasteiger partial charge in [-0.3, -0.25) is 14.4 Å². The Hall–Kier alpha value is -2.63. The normalized spacial score (nSPS) is 10.6. The quantitative estimate of drug-likeness (QED) is 0.299. The lowest BCUT2D eigenvalue weighted by Crippen LogP contribution is -2.41. The van der Waals surface area contributed by atoms with E-state index in [-0.39, 0.29) is 25.0 Å². The smallest absolute Gasteiger partial charge is 0.323 e. The molecule has 24 heavy (non-hydrogen) atoms. The van der Waals surface area contributed by atoms with E-state index in [1.54, 1.807) is 24.3 Å². The molecule has 0 aliphatic carbocycles. The first-order valence-electron chi connectivity index (χ1n) is 7.40. The second kappa shape index (κ2) is 8.86. The minimum Gasteiger partial charge on any atom is -0.497 e. The third-order valence-electron chi connectivity index (χ3n) is 3.84. The molecule has 0 aliphatic rings. The highest BCUT2D eigenvalue weighted by Crippen LogP contribution is 2.33. The molecule has 130 valence electrons. The molecule has 0 bridgehead atoms. The molecule has 0 radical (unpaired) electrons. The average molecular weight is 334 g/mol. The number of carbonyl (C=O) groups is 3. The number of Topliss-reactive ketones (excluding diaryl/α,β-unsaturated/α-hetero) is 1. The molecule has 0 N–H and O–H groups in total. The van der Waals surface area contributed by atoms with Crippen LogP contribution in [-0.4, -0.2) is 39.1 Å². The molecule has 1 rings (SSSR count). The number of hydrogen-bond donors (Lipinski definition) is 0. The average Bonchev–Trinajstić information content (AvgIpc) is 2.63. The fraction of sp³-hybridized carbons (Fsp3) is 0.389. The number of esters is 2. The minimum absolute atomic E-state index is 0.00955. The summed E-state index contributed by atoms with van der Waals surface area (Å²) in [5.74, 6) is -1.04. The van der Waals surface area contributed by atoms with Crippen LogP contribution in [0.4, 0.5) is 0 Å². The summed E-state index contributed by atoms with van der Waals surface area (Å²) in [4.78, 5) is 36.7. The summed E-state index contributed by atoms with van der Waals surface area (Å²) in [6, 6.07) is 6.61. The van der Waals surface area contributed by atoms with Gasteiger partial charge in [0.05, 0.1) is 21.3 Å². The molecule has 0 fully saturated rings. The Kier molecular flexibility index (Phi) is 7.17. The first-order chi connectivity index (χ1) is 11.4. The number of benzene rings is 1. The van der Waals surface area contributed by atoms with Crippen LogP contribution in [0.1, 0.15) is 29.6 Å². The fourth-order valence-corrected chi connectivity index (χ4v) is 2.44. The molecule has 0 spiro atoms. The summed E-state index contributed by atoms with van der Waals surface area (Å²) in [5.41, 5.74) is -1.09. The number of methoxy groups -OCH3 is 3. The summed E-state index contributed by atoms with van der Waals surface area (Å²) in [6.07, 6.45) is 1.43. The lowest BCUT2D eigenvalue weighted by atomic mass is 9.79. The maximum atomic E-state index is 12.3. The van der Waals surface area contributed by atoms with Gasteiger partial charge in [0.15, 0.2) is 11.2 Å². The molecule has 0 unspecified atom stereocenters. The first-order valence-corrected chi connectivity index (χ1v) is 7.40. The highest BCUT2D eigenvalue weighted by atomic mass is 16.5. The predicted octanol–water partition coefficient (Wildman–Crippen LogP) is 2.57. The van der Waals surface area contributed by atoms with Crippen LogP contribution in [0.2, 0.25) is 0 Å². The molecular formula is C18H22O6. The Labute approximate surface area is 141 Å². The van der Waals surface area contributed by atoms with Crippen molar-refractivity contribution in [2.45, 2.75) is 19.3 Å². The van der Waals surface area contributed by atoms with E-state index in [1.807, 2.05) is 0 Å². The molecular weight excluding hydrogens is 312 g/mol. The monoisotopic (exact) mass is 334 g/mol. The van der Waals surface area contributed by atoms with E-state index in [0.29, 0.717) is 11.3 Å². The maximum Gasteiger partial charge on any atom is 0.323 e. The molecule has 0 aromatic heterocycles. The van der Waals surface area contributed by atoms with E-state index in [2.05, 4.69) is 6.58 Å².